The van der Waals surface area contributed by atoms with E-state index < -0.39 is 12.1 Å². The molecule has 6 heteroatoms. The van der Waals surface area contributed by atoms with Crippen molar-refractivity contribution < 1.29 is 14.3 Å². The number of esters is 1. The van der Waals surface area contributed by atoms with Crippen LogP contribution >= 0.6 is 11.8 Å². The lowest BCUT2D eigenvalue weighted by atomic mass is 10.2. The molecule has 0 heterocycles. The Hall–Kier alpha value is -2.47. The maximum Gasteiger partial charge on any atom is 0.317 e. The summed E-state index contributed by atoms with van der Waals surface area (Å²) in [6.07, 6.45) is -0.853. The molecule has 0 unspecified atom stereocenters. The van der Waals surface area contributed by atoms with Crippen molar-refractivity contribution in [3.63, 3.8) is 0 Å². The molecule has 0 bridgehead atoms. The molecule has 1 N–H and O–H groups in total. The van der Waals surface area contributed by atoms with Crippen LogP contribution in [0.2, 0.25) is 0 Å². The van der Waals surface area contributed by atoms with Crippen molar-refractivity contribution in [3.05, 3.63) is 54.1 Å². The SMILES string of the molecule is Cc1ccccc1SCC(=O)O[C@@H](C)C(=O)Nc1ccc(N(C)C)cc1. The number of thioether (sulfide) groups is 1. The van der Waals surface area contributed by atoms with Gasteiger partial charge in [0.25, 0.3) is 5.91 Å². The molecule has 5 nitrogen and oxygen atoms in total. The minimum atomic E-state index is -0.853. The molecular weight excluding hydrogens is 348 g/mol. The lowest BCUT2D eigenvalue weighted by Gasteiger charge is -2.15. The zero-order chi connectivity index (χ0) is 19.1. The molecule has 0 aromatic heterocycles. The number of hydrogen-bond donors (Lipinski definition) is 1. The molecule has 0 spiro atoms. The van der Waals surface area contributed by atoms with E-state index in [2.05, 4.69) is 5.32 Å². The van der Waals surface area contributed by atoms with E-state index in [4.69, 9.17) is 4.74 Å². The highest BCUT2D eigenvalue weighted by Gasteiger charge is 2.18. The molecule has 0 aliphatic heterocycles. The Morgan fingerprint density at radius 2 is 1.77 bits per heavy atom. The fraction of sp³-hybridized carbons (Fsp3) is 0.300. The second kappa shape index (κ2) is 9.29. The first kappa shape index (κ1) is 19.8. The van der Waals surface area contributed by atoms with E-state index >= 15 is 0 Å². The Kier molecular flexibility index (Phi) is 7.09. The van der Waals surface area contributed by atoms with Gasteiger partial charge in [0.15, 0.2) is 6.10 Å². The van der Waals surface area contributed by atoms with Crippen molar-refractivity contribution in [2.24, 2.45) is 0 Å². The number of nitrogens with zero attached hydrogens (tertiary/aromatic N) is 1. The van der Waals surface area contributed by atoms with Gasteiger partial charge in [-0.2, -0.15) is 0 Å². The van der Waals surface area contributed by atoms with Crippen molar-refractivity contribution >= 4 is 35.0 Å². The van der Waals surface area contributed by atoms with Crippen LogP contribution in [0.15, 0.2) is 53.4 Å². The molecule has 138 valence electrons. The monoisotopic (exact) mass is 372 g/mol. The van der Waals surface area contributed by atoms with Gasteiger partial charge in [0.05, 0.1) is 5.75 Å². The second-order valence-corrected chi connectivity index (χ2v) is 7.13. The summed E-state index contributed by atoms with van der Waals surface area (Å²) in [7, 11) is 3.90. The van der Waals surface area contributed by atoms with Crippen molar-refractivity contribution in [1.82, 2.24) is 0 Å². The summed E-state index contributed by atoms with van der Waals surface area (Å²) in [6.45, 7) is 3.56. The third-order valence-corrected chi connectivity index (χ3v) is 4.92. The average molecular weight is 372 g/mol. The number of nitrogens with one attached hydrogen (secondary N) is 1. The molecule has 1 atom stereocenters. The minimum Gasteiger partial charge on any atom is -0.452 e. The second-order valence-electron chi connectivity index (χ2n) is 6.12. The highest BCUT2D eigenvalue weighted by molar-refractivity contribution is 8.00. The van der Waals surface area contributed by atoms with E-state index in [0.29, 0.717) is 5.69 Å². The standard InChI is InChI=1S/C20H24N2O3S/c1-14-7-5-6-8-18(14)26-13-19(23)25-15(2)20(24)21-16-9-11-17(12-10-16)22(3)4/h5-12,15H,13H2,1-4H3,(H,21,24)/t15-/m0/s1. The highest BCUT2D eigenvalue weighted by Crippen LogP contribution is 2.22. The molecule has 0 aliphatic carbocycles. The van der Waals surface area contributed by atoms with Gasteiger partial charge in [-0.05, 0) is 49.7 Å². The topological polar surface area (TPSA) is 58.6 Å². The Labute approximate surface area is 158 Å². The lowest BCUT2D eigenvalue weighted by molar-refractivity contribution is -0.150. The zero-order valence-electron chi connectivity index (χ0n) is 15.5. The normalized spacial score (nSPS) is 11.5. The zero-order valence-corrected chi connectivity index (χ0v) is 16.3. The summed E-state index contributed by atoms with van der Waals surface area (Å²) in [5.74, 6) is -0.597. The van der Waals surface area contributed by atoms with Gasteiger partial charge in [-0.1, -0.05) is 18.2 Å². The lowest BCUT2D eigenvalue weighted by Crippen LogP contribution is -2.30. The molecular formula is C20H24N2O3S. The van der Waals surface area contributed by atoms with Crippen LogP contribution in [0, 0.1) is 6.92 Å². The van der Waals surface area contributed by atoms with Crippen molar-refractivity contribution in [2.75, 3.05) is 30.1 Å². The number of rotatable bonds is 7. The summed E-state index contributed by atoms with van der Waals surface area (Å²) < 4.78 is 5.23. The quantitative estimate of drug-likeness (QED) is 0.593. The van der Waals surface area contributed by atoms with Crippen molar-refractivity contribution in [3.8, 4) is 0 Å². The van der Waals surface area contributed by atoms with Gasteiger partial charge < -0.3 is 15.0 Å². The van der Waals surface area contributed by atoms with E-state index in [1.54, 1.807) is 6.92 Å². The summed E-state index contributed by atoms with van der Waals surface area (Å²) >= 11 is 1.41. The Balaban J connectivity index is 1.82. The first-order valence-electron chi connectivity index (χ1n) is 8.33. The number of benzene rings is 2. The number of ether oxygens (including phenoxy) is 1. The third-order valence-electron chi connectivity index (χ3n) is 3.77. The van der Waals surface area contributed by atoms with Crippen LogP contribution in [-0.4, -0.2) is 37.8 Å². The van der Waals surface area contributed by atoms with E-state index in [1.807, 2.05) is 74.4 Å². The molecule has 1 amide bonds. The predicted octanol–water partition coefficient (Wildman–Crippen LogP) is 3.72. The number of amides is 1. The first-order valence-corrected chi connectivity index (χ1v) is 9.31. The van der Waals surface area contributed by atoms with Gasteiger partial charge >= 0.3 is 5.97 Å². The molecule has 0 saturated carbocycles. The minimum absolute atomic E-state index is 0.167. The highest BCUT2D eigenvalue weighted by atomic mass is 32.2. The predicted molar refractivity (Wildman–Crippen MR) is 107 cm³/mol. The molecule has 0 saturated heterocycles. The molecule has 0 fully saturated rings. The number of carbonyl (C=O) groups excluding carboxylic acids is 2. The van der Waals surface area contributed by atoms with Crippen LogP contribution in [0.5, 0.6) is 0 Å². The summed E-state index contributed by atoms with van der Waals surface area (Å²) in [5.41, 5.74) is 2.81. The number of anilines is 2. The maximum atomic E-state index is 12.2. The van der Waals surface area contributed by atoms with Crippen LogP contribution in [0.25, 0.3) is 0 Å². The van der Waals surface area contributed by atoms with Crippen LogP contribution in [-0.2, 0) is 14.3 Å². The van der Waals surface area contributed by atoms with Crippen molar-refractivity contribution in [1.29, 1.82) is 0 Å². The Morgan fingerprint density at radius 3 is 2.38 bits per heavy atom. The number of carbonyl (C=O) groups is 2. The van der Waals surface area contributed by atoms with Gasteiger partial charge in [-0.3, -0.25) is 9.59 Å². The van der Waals surface area contributed by atoms with Gasteiger partial charge in [0, 0.05) is 30.4 Å². The van der Waals surface area contributed by atoms with Crippen LogP contribution in [0.4, 0.5) is 11.4 Å². The molecule has 0 aliphatic rings. The molecule has 2 rings (SSSR count). The smallest absolute Gasteiger partial charge is 0.317 e. The summed E-state index contributed by atoms with van der Waals surface area (Å²) in [4.78, 5) is 27.2. The Bertz CT molecular complexity index is 760. The van der Waals surface area contributed by atoms with Crippen molar-refractivity contribution in [2.45, 2.75) is 24.8 Å². The van der Waals surface area contributed by atoms with E-state index in [9.17, 15) is 9.59 Å². The number of aryl methyl sites for hydroxylation is 1. The first-order chi connectivity index (χ1) is 12.4. The van der Waals surface area contributed by atoms with Crippen LogP contribution in [0.3, 0.4) is 0 Å². The fourth-order valence-electron chi connectivity index (χ4n) is 2.23. The fourth-order valence-corrected chi connectivity index (χ4v) is 3.04. The van der Waals surface area contributed by atoms with E-state index in [1.165, 1.54) is 11.8 Å². The number of hydrogen-bond acceptors (Lipinski definition) is 5. The largest absolute Gasteiger partial charge is 0.452 e. The van der Waals surface area contributed by atoms with Gasteiger partial charge in [-0.15, -0.1) is 11.8 Å². The third kappa shape index (κ3) is 5.81. The summed E-state index contributed by atoms with van der Waals surface area (Å²) in [5, 5.41) is 2.75. The van der Waals surface area contributed by atoms with E-state index in [-0.39, 0.29) is 11.7 Å². The van der Waals surface area contributed by atoms with Crippen LogP contribution in [0.1, 0.15) is 12.5 Å². The van der Waals surface area contributed by atoms with Gasteiger partial charge in [0.1, 0.15) is 0 Å². The van der Waals surface area contributed by atoms with Gasteiger partial charge in [0.2, 0.25) is 0 Å². The Morgan fingerprint density at radius 1 is 1.12 bits per heavy atom. The molecule has 2 aromatic carbocycles. The molecule has 0 radical (unpaired) electrons. The van der Waals surface area contributed by atoms with E-state index in [0.717, 1.165) is 16.1 Å². The summed E-state index contributed by atoms with van der Waals surface area (Å²) in [6, 6.07) is 15.3. The van der Waals surface area contributed by atoms with Gasteiger partial charge in [-0.25, -0.2) is 0 Å². The molecule has 26 heavy (non-hydrogen) atoms. The average Bonchev–Trinajstić information content (AvgIpc) is 2.61. The maximum absolute atomic E-state index is 12.2. The molecule has 2 aromatic rings. The van der Waals surface area contributed by atoms with Crippen LogP contribution < -0.4 is 10.2 Å².